The third-order valence-electron chi connectivity index (χ3n) is 6.21. The second kappa shape index (κ2) is 7.39. The van der Waals surface area contributed by atoms with E-state index in [-0.39, 0.29) is 12.4 Å². The summed E-state index contributed by atoms with van der Waals surface area (Å²) in [5, 5.41) is 16.7. The summed E-state index contributed by atoms with van der Waals surface area (Å²) in [5.74, 6) is -1.19. The number of hydrogen-bond donors (Lipinski definition) is 3. The van der Waals surface area contributed by atoms with E-state index in [1.807, 2.05) is 24.3 Å². The van der Waals surface area contributed by atoms with Crippen molar-refractivity contribution < 1.29 is 19.1 Å². The quantitative estimate of drug-likeness (QED) is 0.336. The molecule has 6 rings (SSSR count). The maximum absolute atomic E-state index is 13.7. The zero-order chi connectivity index (χ0) is 23.4. The number of rotatable bonds is 4. The molecule has 1 aliphatic rings. The standard InChI is InChI=1S/C25H17FN4O3S/c26-18-7-3-16-11-30(22(31)19(16)10-18)12-25(23(32)28-24(33)29-25)17-5-1-14(2-6-17)15-4-8-20-21(9-15)34-13-27-20/h1-11,13,31H,12H2,(H2,28,29,32,33)/t25-/m0/s1. The summed E-state index contributed by atoms with van der Waals surface area (Å²) in [6.45, 7) is -0.0706. The van der Waals surface area contributed by atoms with Gasteiger partial charge in [-0.1, -0.05) is 30.3 Å². The Bertz CT molecular complexity index is 1610. The highest BCUT2D eigenvalue weighted by atomic mass is 32.1. The van der Waals surface area contributed by atoms with Crippen molar-refractivity contribution in [3.8, 4) is 17.0 Å². The summed E-state index contributed by atoms with van der Waals surface area (Å²) in [5.41, 5.74) is 3.81. The topological polar surface area (TPSA) is 96.2 Å². The van der Waals surface area contributed by atoms with Crippen LogP contribution in [0.3, 0.4) is 0 Å². The fourth-order valence-corrected chi connectivity index (χ4v) is 5.19. The zero-order valence-electron chi connectivity index (χ0n) is 17.6. The Labute approximate surface area is 196 Å². The molecular weight excluding hydrogens is 455 g/mol. The van der Waals surface area contributed by atoms with Gasteiger partial charge < -0.3 is 15.0 Å². The number of imide groups is 1. The highest BCUT2D eigenvalue weighted by Gasteiger charge is 2.48. The highest BCUT2D eigenvalue weighted by Crippen LogP contribution is 2.35. The number of urea groups is 1. The number of halogens is 1. The van der Waals surface area contributed by atoms with Crippen LogP contribution in [0.15, 0.2) is 72.4 Å². The van der Waals surface area contributed by atoms with E-state index in [0.29, 0.717) is 16.3 Å². The number of aromatic hydroxyl groups is 1. The minimum atomic E-state index is -1.44. The minimum absolute atomic E-state index is 0.0706. The van der Waals surface area contributed by atoms with Gasteiger partial charge in [0.1, 0.15) is 5.82 Å². The van der Waals surface area contributed by atoms with Crippen LogP contribution in [0.5, 0.6) is 5.88 Å². The van der Waals surface area contributed by atoms with Crippen molar-refractivity contribution in [3.05, 3.63) is 83.8 Å². The minimum Gasteiger partial charge on any atom is -0.494 e. The molecule has 0 spiro atoms. The van der Waals surface area contributed by atoms with Crippen molar-refractivity contribution in [2.24, 2.45) is 0 Å². The van der Waals surface area contributed by atoms with Gasteiger partial charge in [0.25, 0.3) is 5.91 Å². The molecule has 0 bridgehead atoms. The Balaban J connectivity index is 1.41. The Morgan fingerprint density at radius 1 is 1.03 bits per heavy atom. The molecule has 0 radical (unpaired) electrons. The summed E-state index contributed by atoms with van der Waals surface area (Å²) >= 11 is 1.56. The fourth-order valence-electron chi connectivity index (χ4n) is 4.47. The average Bonchev–Trinajstić information content (AvgIpc) is 3.50. The smallest absolute Gasteiger partial charge is 0.322 e. The average molecular weight is 473 g/mol. The van der Waals surface area contributed by atoms with Crippen LogP contribution >= 0.6 is 11.3 Å². The SMILES string of the molecule is O=C1NC(=O)[C@](Cn2cc3ccc(F)cc3c2O)(c2ccc(-c3ccc4ncsc4c3)cc2)N1. The molecule has 3 aromatic carbocycles. The number of fused-ring (bicyclic) bond motifs is 2. The molecule has 168 valence electrons. The molecule has 5 aromatic rings. The highest BCUT2D eigenvalue weighted by molar-refractivity contribution is 7.16. The van der Waals surface area contributed by atoms with Crippen LogP contribution in [0, 0.1) is 5.82 Å². The van der Waals surface area contributed by atoms with E-state index in [9.17, 15) is 19.1 Å². The molecule has 0 saturated carbocycles. The number of carbonyl (C=O) groups excluding carboxylic acids is 2. The summed E-state index contributed by atoms with van der Waals surface area (Å²) in [6.07, 6.45) is 1.63. The van der Waals surface area contributed by atoms with Gasteiger partial charge in [0.2, 0.25) is 0 Å². The van der Waals surface area contributed by atoms with Crippen LogP contribution in [0.1, 0.15) is 5.56 Å². The lowest BCUT2D eigenvalue weighted by Crippen LogP contribution is -2.47. The molecule has 3 amide bonds. The van der Waals surface area contributed by atoms with Gasteiger partial charge in [0.05, 0.1) is 22.3 Å². The lowest BCUT2D eigenvalue weighted by molar-refractivity contribution is -0.124. The predicted molar refractivity (Wildman–Crippen MR) is 127 cm³/mol. The molecule has 2 aromatic heterocycles. The van der Waals surface area contributed by atoms with Gasteiger partial charge in [-0.3, -0.25) is 10.1 Å². The predicted octanol–water partition coefficient (Wildman–Crippen LogP) is 4.50. The molecule has 9 heteroatoms. The zero-order valence-corrected chi connectivity index (χ0v) is 18.4. The molecule has 1 atom stereocenters. The first kappa shape index (κ1) is 20.4. The van der Waals surface area contributed by atoms with E-state index in [0.717, 1.165) is 21.3 Å². The lowest BCUT2D eigenvalue weighted by atomic mass is 9.88. The third-order valence-corrected chi connectivity index (χ3v) is 7.01. The number of carbonyl (C=O) groups is 2. The van der Waals surface area contributed by atoms with E-state index >= 15 is 0 Å². The monoisotopic (exact) mass is 472 g/mol. The summed E-state index contributed by atoms with van der Waals surface area (Å²) in [6, 6.07) is 16.8. The van der Waals surface area contributed by atoms with Crippen molar-refractivity contribution in [2.45, 2.75) is 12.1 Å². The van der Waals surface area contributed by atoms with E-state index in [2.05, 4.69) is 21.7 Å². The van der Waals surface area contributed by atoms with Gasteiger partial charge in [-0.25, -0.2) is 14.2 Å². The normalized spacial score (nSPS) is 17.9. The summed E-state index contributed by atoms with van der Waals surface area (Å²) in [7, 11) is 0. The number of thiazole rings is 1. The molecule has 3 N–H and O–H groups in total. The fraction of sp³-hybridized carbons (Fsp3) is 0.0800. The first-order chi connectivity index (χ1) is 16.4. The van der Waals surface area contributed by atoms with Crippen molar-refractivity contribution in [2.75, 3.05) is 0 Å². The van der Waals surface area contributed by atoms with E-state index in [1.165, 1.54) is 16.7 Å². The Morgan fingerprint density at radius 2 is 1.82 bits per heavy atom. The number of nitrogens with one attached hydrogen (secondary N) is 2. The maximum atomic E-state index is 13.7. The third kappa shape index (κ3) is 3.12. The molecule has 1 aliphatic heterocycles. The number of benzene rings is 3. The van der Waals surface area contributed by atoms with Gasteiger partial charge in [0.15, 0.2) is 11.4 Å². The first-order valence-corrected chi connectivity index (χ1v) is 11.4. The van der Waals surface area contributed by atoms with E-state index < -0.39 is 23.3 Å². The van der Waals surface area contributed by atoms with Crippen LogP contribution < -0.4 is 10.6 Å². The second-order valence-corrected chi connectivity index (χ2v) is 9.12. The second-order valence-electron chi connectivity index (χ2n) is 8.24. The number of nitrogens with zero attached hydrogens (tertiary/aromatic N) is 2. The summed E-state index contributed by atoms with van der Waals surface area (Å²) < 4.78 is 16.2. The largest absolute Gasteiger partial charge is 0.494 e. The maximum Gasteiger partial charge on any atom is 0.322 e. The summed E-state index contributed by atoms with van der Waals surface area (Å²) in [4.78, 5) is 29.5. The van der Waals surface area contributed by atoms with Crippen LogP contribution in [0.25, 0.3) is 32.1 Å². The lowest BCUT2D eigenvalue weighted by Gasteiger charge is -2.27. The van der Waals surface area contributed by atoms with Crippen LogP contribution in [-0.4, -0.2) is 26.6 Å². The molecule has 1 saturated heterocycles. The number of aromatic nitrogens is 2. The number of hydrogen-bond acceptors (Lipinski definition) is 5. The van der Waals surface area contributed by atoms with Crippen LogP contribution in [0.2, 0.25) is 0 Å². The molecular formula is C25H17FN4O3S. The molecule has 34 heavy (non-hydrogen) atoms. The first-order valence-electron chi connectivity index (χ1n) is 10.5. The van der Waals surface area contributed by atoms with Gasteiger partial charge in [-0.15, -0.1) is 11.3 Å². The van der Waals surface area contributed by atoms with Gasteiger partial charge in [-0.2, -0.15) is 0 Å². The van der Waals surface area contributed by atoms with Crippen LogP contribution in [-0.2, 0) is 16.9 Å². The Kier molecular flexibility index (Phi) is 4.43. The van der Waals surface area contributed by atoms with Crippen molar-refractivity contribution in [1.29, 1.82) is 0 Å². The Hall–Kier alpha value is -4.24. The van der Waals surface area contributed by atoms with Gasteiger partial charge in [-0.05, 0) is 47.0 Å². The number of amides is 3. The van der Waals surface area contributed by atoms with Gasteiger partial charge in [0, 0.05) is 17.0 Å². The van der Waals surface area contributed by atoms with Crippen LogP contribution in [0.4, 0.5) is 9.18 Å². The molecule has 1 fully saturated rings. The Morgan fingerprint density at radius 3 is 2.59 bits per heavy atom. The van der Waals surface area contributed by atoms with Crippen molar-refractivity contribution in [3.63, 3.8) is 0 Å². The van der Waals surface area contributed by atoms with Crippen molar-refractivity contribution in [1.82, 2.24) is 20.2 Å². The van der Waals surface area contributed by atoms with E-state index in [4.69, 9.17) is 0 Å². The molecule has 0 aliphatic carbocycles. The molecule has 3 heterocycles. The van der Waals surface area contributed by atoms with E-state index in [1.54, 1.807) is 41.2 Å². The molecule has 7 nitrogen and oxygen atoms in total. The molecule has 0 unspecified atom stereocenters. The van der Waals surface area contributed by atoms with Crippen molar-refractivity contribution >= 4 is 44.3 Å². The van der Waals surface area contributed by atoms with Gasteiger partial charge >= 0.3 is 6.03 Å².